The Morgan fingerprint density at radius 2 is 2.08 bits per heavy atom. The van der Waals surface area contributed by atoms with Crippen LogP contribution in [0.15, 0.2) is 24.7 Å². The number of aromatic amines is 1. The van der Waals surface area contributed by atoms with Gasteiger partial charge in [-0.3, -0.25) is 5.10 Å². The number of piperidine rings is 1. The van der Waals surface area contributed by atoms with E-state index in [4.69, 9.17) is 0 Å². The number of hydrogen-bond acceptors (Lipinski definition) is 4. The second kappa shape index (κ2) is 7.21. The topological polar surface area (TPSA) is 86.8 Å². The Labute approximate surface area is 147 Å². The quantitative estimate of drug-likeness (QED) is 0.874. The highest BCUT2D eigenvalue weighted by Gasteiger charge is 2.26. The highest BCUT2D eigenvalue weighted by molar-refractivity contribution is 5.74. The van der Waals surface area contributed by atoms with Crippen LogP contribution >= 0.6 is 0 Å². The maximum Gasteiger partial charge on any atom is 0.317 e. The fourth-order valence-corrected chi connectivity index (χ4v) is 3.38. The molecule has 2 amide bonds. The minimum atomic E-state index is 0.0136. The van der Waals surface area contributed by atoms with E-state index in [1.165, 1.54) is 12.8 Å². The van der Waals surface area contributed by atoms with E-state index >= 15 is 0 Å². The molecular formula is C18H24N6O. The van der Waals surface area contributed by atoms with Crippen molar-refractivity contribution in [1.29, 1.82) is 0 Å². The molecule has 2 fully saturated rings. The summed E-state index contributed by atoms with van der Waals surface area (Å²) in [5.41, 5.74) is 2.18. The Morgan fingerprint density at radius 1 is 1.24 bits per heavy atom. The lowest BCUT2D eigenvalue weighted by Gasteiger charge is -2.32. The molecule has 2 aromatic rings. The van der Waals surface area contributed by atoms with Gasteiger partial charge in [-0.1, -0.05) is 0 Å². The van der Waals surface area contributed by atoms with E-state index in [9.17, 15) is 4.79 Å². The zero-order chi connectivity index (χ0) is 17.1. The summed E-state index contributed by atoms with van der Waals surface area (Å²) in [4.78, 5) is 23.2. The Hall–Kier alpha value is -2.44. The normalized spacial score (nSPS) is 20.5. The lowest BCUT2D eigenvalue weighted by Crippen LogP contribution is -2.45. The van der Waals surface area contributed by atoms with Gasteiger partial charge in [0, 0.05) is 55.8 Å². The molecule has 132 valence electrons. The van der Waals surface area contributed by atoms with E-state index < -0.39 is 0 Å². The van der Waals surface area contributed by atoms with Gasteiger partial charge in [0.1, 0.15) is 5.82 Å². The first-order chi connectivity index (χ1) is 12.3. The van der Waals surface area contributed by atoms with Crippen LogP contribution in [0.25, 0.3) is 0 Å². The molecule has 7 nitrogen and oxygen atoms in total. The fourth-order valence-electron chi connectivity index (χ4n) is 3.38. The van der Waals surface area contributed by atoms with Gasteiger partial charge < -0.3 is 10.2 Å². The molecule has 2 aliphatic rings. The van der Waals surface area contributed by atoms with Crippen LogP contribution in [0.3, 0.4) is 0 Å². The average Bonchev–Trinajstić information content (AvgIpc) is 3.36. The van der Waals surface area contributed by atoms with E-state index in [-0.39, 0.29) is 6.03 Å². The van der Waals surface area contributed by atoms with Gasteiger partial charge in [-0.25, -0.2) is 14.8 Å². The van der Waals surface area contributed by atoms with Gasteiger partial charge in [0.05, 0.1) is 0 Å². The molecule has 2 aromatic heterocycles. The maximum atomic E-state index is 12.4. The average molecular weight is 340 g/mol. The number of rotatable bonds is 5. The summed E-state index contributed by atoms with van der Waals surface area (Å²) in [7, 11) is 0. The van der Waals surface area contributed by atoms with E-state index in [1.54, 1.807) is 6.20 Å². The smallest absolute Gasteiger partial charge is 0.317 e. The number of amides is 2. The van der Waals surface area contributed by atoms with Crippen molar-refractivity contribution in [3.8, 4) is 0 Å². The van der Waals surface area contributed by atoms with Crippen LogP contribution in [0.2, 0.25) is 0 Å². The summed E-state index contributed by atoms with van der Waals surface area (Å²) in [5, 5.41) is 10.1. The first kappa shape index (κ1) is 16.1. The number of carbonyl (C=O) groups excluding carboxylic acids is 1. The Kier molecular flexibility index (Phi) is 4.63. The van der Waals surface area contributed by atoms with Crippen molar-refractivity contribution in [2.24, 2.45) is 0 Å². The van der Waals surface area contributed by atoms with E-state index in [0.29, 0.717) is 18.4 Å². The Morgan fingerprint density at radius 3 is 2.80 bits per heavy atom. The third-order valence-electron chi connectivity index (χ3n) is 5.03. The van der Waals surface area contributed by atoms with Crippen LogP contribution < -0.4 is 5.32 Å². The predicted molar refractivity (Wildman–Crippen MR) is 93.2 cm³/mol. The lowest BCUT2D eigenvalue weighted by atomic mass is 9.95. The molecule has 1 saturated heterocycles. The first-order valence-corrected chi connectivity index (χ1v) is 9.12. The van der Waals surface area contributed by atoms with E-state index in [2.05, 4.69) is 25.5 Å². The number of nitrogens with zero attached hydrogens (tertiary/aromatic N) is 4. The molecule has 0 radical (unpaired) electrons. The molecule has 0 bridgehead atoms. The zero-order valence-electron chi connectivity index (χ0n) is 14.3. The molecule has 1 saturated carbocycles. The largest absolute Gasteiger partial charge is 0.338 e. The summed E-state index contributed by atoms with van der Waals surface area (Å²) in [6.45, 7) is 2.17. The van der Waals surface area contributed by atoms with Gasteiger partial charge in [-0.05, 0) is 43.7 Å². The molecule has 7 heteroatoms. The predicted octanol–water partition coefficient (Wildman–Crippen LogP) is 2.21. The van der Waals surface area contributed by atoms with Crippen molar-refractivity contribution >= 4 is 6.03 Å². The number of likely N-dealkylation sites (tertiary alicyclic amines) is 1. The van der Waals surface area contributed by atoms with Gasteiger partial charge in [0.25, 0.3) is 0 Å². The molecule has 1 atom stereocenters. The SMILES string of the molecule is O=C(NCCc1cnc(C2CC2)nc1)N1CCC[C@@H](c2ccn[nH]2)C1. The molecule has 3 heterocycles. The monoisotopic (exact) mass is 340 g/mol. The summed E-state index contributed by atoms with van der Waals surface area (Å²) < 4.78 is 0. The first-order valence-electron chi connectivity index (χ1n) is 9.12. The van der Waals surface area contributed by atoms with Gasteiger partial charge >= 0.3 is 6.03 Å². The number of aromatic nitrogens is 4. The maximum absolute atomic E-state index is 12.4. The van der Waals surface area contributed by atoms with Crippen molar-refractivity contribution in [3.05, 3.63) is 41.7 Å². The minimum absolute atomic E-state index is 0.0136. The standard InChI is InChI=1S/C18H24N6O/c25-18(24-9-1-2-15(12-24)16-6-8-22-23-16)19-7-5-13-10-20-17(21-11-13)14-3-4-14/h6,8,10-11,14-15H,1-5,7,9,12H2,(H,19,25)(H,22,23)/t15-/m1/s1. The van der Waals surface area contributed by atoms with Crippen molar-refractivity contribution < 1.29 is 4.79 Å². The molecular weight excluding hydrogens is 316 g/mol. The van der Waals surface area contributed by atoms with Crippen molar-refractivity contribution in [3.63, 3.8) is 0 Å². The third kappa shape index (κ3) is 3.97. The van der Waals surface area contributed by atoms with Crippen molar-refractivity contribution in [1.82, 2.24) is 30.4 Å². The highest BCUT2D eigenvalue weighted by atomic mass is 16.2. The lowest BCUT2D eigenvalue weighted by molar-refractivity contribution is 0.179. The molecule has 2 N–H and O–H groups in total. The summed E-state index contributed by atoms with van der Waals surface area (Å²) in [6, 6.07) is 2.01. The van der Waals surface area contributed by atoms with Crippen LogP contribution in [-0.4, -0.2) is 50.7 Å². The Balaban J connectivity index is 1.24. The number of nitrogens with one attached hydrogen (secondary N) is 2. The molecule has 25 heavy (non-hydrogen) atoms. The highest BCUT2D eigenvalue weighted by Crippen LogP contribution is 2.37. The van der Waals surface area contributed by atoms with Crippen LogP contribution in [-0.2, 0) is 6.42 Å². The molecule has 1 aliphatic carbocycles. The van der Waals surface area contributed by atoms with Crippen LogP contribution in [0.5, 0.6) is 0 Å². The number of hydrogen-bond donors (Lipinski definition) is 2. The number of carbonyl (C=O) groups is 1. The third-order valence-corrected chi connectivity index (χ3v) is 5.03. The van der Waals surface area contributed by atoms with Crippen molar-refractivity contribution in [2.45, 2.75) is 43.9 Å². The second-order valence-corrected chi connectivity index (χ2v) is 7.00. The van der Waals surface area contributed by atoms with Crippen LogP contribution in [0.4, 0.5) is 4.79 Å². The van der Waals surface area contributed by atoms with E-state index in [0.717, 1.165) is 49.4 Å². The van der Waals surface area contributed by atoms with Crippen LogP contribution in [0, 0.1) is 0 Å². The molecule has 1 aliphatic heterocycles. The molecule has 0 aromatic carbocycles. The Bertz CT molecular complexity index is 695. The number of urea groups is 1. The minimum Gasteiger partial charge on any atom is -0.338 e. The summed E-state index contributed by atoms with van der Waals surface area (Å²) in [6.07, 6.45) is 10.9. The molecule has 0 unspecified atom stereocenters. The van der Waals surface area contributed by atoms with E-state index in [1.807, 2.05) is 23.4 Å². The zero-order valence-corrected chi connectivity index (χ0v) is 14.3. The van der Waals surface area contributed by atoms with Gasteiger partial charge in [0.15, 0.2) is 0 Å². The summed E-state index contributed by atoms with van der Waals surface area (Å²) >= 11 is 0. The van der Waals surface area contributed by atoms with Crippen LogP contribution in [0.1, 0.15) is 54.6 Å². The van der Waals surface area contributed by atoms with Crippen molar-refractivity contribution in [2.75, 3.05) is 19.6 Å². The molecule has 0 spiro atoms. The van der Waals surface area contributed by atoms with Gasteiger partial charge in [0.2, 0.25) is 0 Å². The van der Waals surface area contributed by atoms with Gasteiger partial charge in [-0.15, -0.1) is 0 Å². The number of H-pyrrole nitrogens is 1. The molecule has 4 rings (SSSR count). The fraction of sp³-hybridized carbons (Fsp3) is 0.556. The second-order valence-electron chi connectivity index (χ2n) is 7.00. The summed E-state index contributed by atoms with van der Waals surface area (Å²) in [5.74, 6) is 1.90. The van der Waals surface area contributed by atoms with Gasteiger partial charge in [-0.2, -0.15) is 5.10 Å².